The standard InChI is InChI=1S/C12H20N4O/c1-3-16(9-12(17)14-2)8-10-5-4-6-15-11(10)7-13/h4-6H,3,7-9,13H2,1-2H3,(H,14,17). The summed E-state index contributed by atoms with van der Waals surface area (Å²) in [6.07, 6.45) is 1.74. The summed E-state index contributed by atoms with van der Waals surface area (Å²) in [5.74, 6) is 0.0186. The van der Waals surface area contributed by atoms with Crippen molar-refractivity contribution in [1.29, 1.82) is 0 Å². The number of pyridine rings is 1. The second-order valence-corrected chi connectivity index (χ2v) is 3.79. The molecule has 0 aliphatic carbocycles. The van der Waals surface area contributed by atoms with Crippen LogP contribution in [0, 0.1) is 0 Å². The fourth-order valence-corrected chi connectivity index (χ4v) is 1.60. The van der Waals surface area contributed by atoms with Gasteiger partial charge in [0.15, 0.2) is 0 Å². The van der Waals surface area contributed by atoms with Crippen LogP contribution in [0.25, 0.3) is 0 Å². The number of nitrogens with zero attached hydrogens (tertiary/aromatic N) is 2. The molecule has 0 fully saturated rings. The van der Waals surface area contributed by atoms with Crippen LogP contribution < -0.4 is 11.1 Å². The van der Waals surface area contributed by atoms with E-state index in [-0.39, 0.29) is 5.91 Å². The summed E-state index contributed by atoms with van der Waals surface area (Å²) >= 11 is 0. The summed E-state index contributed by atoms with van der Waals surface area (Å²) < 4.78 is 0. The van der Waals surface area contributed by atoms with Gasteiger partial charge in [-0.05, 0) is 18.2 Å². The van der Waals surface area contributed by atoms with Crippen molar-refractivity contribution in [2.45, 2.75) is 20.0 Å². The van der Waals surface area contributed by atoms with Gasteiger partial charge in [-0.1, -0.05) is 13.0 Å². The van der Waals surface area contributed by atoms with E-state index < -0.39 is 0 Å². The van der Waals surface area contributed by atoms with Crippen molar-refractivity contribution in [3.8, 4) is 0 Å². The van der Waals surface area contributed by atoms with Gasteiger partial charge >= 0.3 is 0 Å². The third kappa shape index (κ3) is 4.13. The van der Waals surface area contributed by atoms with Crippen LogP contribution in [0.3, 0.4) is 0 Å². The largest absolute Gasteiger partial charge is 0.358 e. The van der Waals surface area contributed by atoms with E-state index in [0.29, 0.717) is 19.6 Å². The maximum absolute atomic E-state index is 11.3. The van der Waals surface area contributed by atoms with Gasteiger partial charge in [0, 0.05) is 26.3 Å². The highest BCUT2D eigenvalue weighted by Crippen LogP contribution is 2.08. The van der Waals surface area contributed by atoms with E-state index in [1.54, 1.807) is 13.2 Å². The molecular formula is C12H20N4O. The van der Waals surface area contributed by atoms with Crippen molar-refractivity contribution in [1.82, 2.24) is 15.2 Å². The van der Waals surface area contributed by atoms with E-state index in [2.05, 4.69) is 15.2 Å². The molecule has 0 aliphatic rings. The minimum atomic E-state index is 0.0186. The molecule has 5 heteroatoms. The Morgan fingerprint density at radius 3 is 2.94 bits per heavy atom. The summed E-state index contributed by atoms with van der Waals surface area (Å²) in [5.41, 5.74) is 7.61. The highest BCUT2D eigenvalue weighted by Gasteiger charge is 2.10. The molecular weight excluding hydrogens is 216 g/mol. The Morgan fingerprint density at radius 2 is 2.35 bits per heavy atom. The summed E-state index contributed by atoms with van der Waals surface area (Å²) in [5, 5.41) is 2.62. The number of carbonyl (C=O) groups excluding carboxylic acids is 1. The summed E-state index contributed by atoms with van der Waals surface area (Å²) in [7, 11) is 1.64. The SMILES string of the molecule is CCN(CC(=O)NC)Cc1cccnc1CN. The van der Waals surface area contributed by atoms with E-state index in [4.69, 9.17) is 5.73 Å². The lowest BCUT2D eigenvalue weighted by Crippen LogP contribution is -2.35. The zero-order chi connectivity index (χ0) is 12.7. The first-order valence-electron chi connectivity index (χ1n) is 5.77. The van der Waals surface area contributed by atoms with Crippen molar-refractivity contribution < 1.29 is 4.79 Å². The minimum absolute atomic E-state index is 0.0186. The van der Waals surface area contributed by atoms with E-state index in [9.17, 15) is 4.79 Å². The Labute approximate surface area is 102 Å². The van der Waals surface area contributed by atoms with Gasteiger partial charge in [0.05, 0.1) is 12.2 Å². The Hall–Kier alpha value is -1.46. The van der Waals surface area contributed by atoms with Crippen molar-refractivity contribution in [2.75, 3.05) is 20.1 Å². The van der Waals surface area contributed by atoms with E-state index in [1.807, 2.05) is 19.1 Å². The summed E-state index contributed by atoms with van der Waals surface area (Å²) in [6.45, 7) is 4.36. The van der Waals surface area contributed by atoms with E-state index in [1.165, 1.54) is 0 Å². The maximum Gasteiger partial charge on any atom is 0.233 e. The van der Waals surface area contributed by atoms with Crippen LogP contribution in [0.5, 0.6) is 0 Å². The minimum Gasteiger partial charge on any atom is -0.358 e. The Balaban J connectivity index is 2.69. The van der Waals surface area contributed by atoms with Crippen molar-refractivity contribution in [3.63, 3.8) is 0 Å². The third-order valence-corrected chi connectivity index (χ3v) is 2.67. The second kappa shape index (κ2) is 6.98. The number of nitrogens with two attached hydrogens (primary N) is 1. The number of likely N-dealkylation sites (N-methyl/N-ethyl adjacent to an activating group) is 2. The molecule has 3 N–H and O–H groups in total. The lowest BCUT2D eigenvalue weighted by atomic mass is 10.2. The molecule has 17 heavy (non-hydrogen) atoms. The molecule has 0 spiro atoms. The lowest BCUT2D eigenvalue weighted by Gasteiger charge is -2.20. The molecule has 0 unspecified atom stereocenters. The molecule has 1 aromatic rings. The normalized spacial score (nSPS) is 10.6. The maximum atomic E-state index is 11.3. The molecule has 1 amide bonds. The zero-order valence-electron chi connectivity index (χ0n) is 10.4. The van der Waals surface area contributed by atoms with Gasteiger partial charge in [0.2, 0.25) is 5.91 Å². The highest BCUT2D eigenvalue weighted by molar-refractivity contribution is 5.77. The Bertz CT molecular complexity index is 367. The first kappa shape index (κ1) is 13.6. The van der Waals surface area contributed by atoms with Crippen LogP contribution >= 0.6 is 0 Å². The molecule has 1 aromatic heterocycles. The monoisotopic (exact) mass is 236 g/mol. The smallest absolute Gasteiger partial charge is 0.233 e. The molecule has 0 bridgehead atoms. The van der Waals surface area contributed by atoms with Crippen LogP contribution in [-0.2, 0) is 17.9 Å². The quantitative estimate of drug-likeness (QED) is 0.735. The topological polar surface area (TPSA) is 71.2 Å². The number of hydrogen-bond donors (Lipinski definition) is 2. The summed E-state index contributed by atoms with van der Waals surface area (Å²) in [4.78, 5) is 17.6. The van der Waals surface area contributed by atoms with Gasteiger partial charge in [-0.3, -0.25) is 14.7 Å². The first-order chi connectivity index (χ1) is 8.21. The lowest BCUT2D eigenvalue weighted by molar-refractivity contribution is -0.121. The fourth-order valence-electron chi connectivity index (χ4n) is 1.60. The molecule has 0 radical (unpaired) electrons. The first-order valence-corrected chi connectivity index (χ1v) is 5.77. The predicted octanol–water partition coefficient (Wildman–Crippen LogP) is 0.108. The molecule has 5 nitrogen and oxygen atoms in total. The van der Waals surface area contributed by atoms with Gasteiger partial charge in [-0.15, -0.1) is 0 Å². The molecule has 1 heterocycles. The molecule has 0 aliphatic heterocycles. The molecule has 0 saturated heterocycles. The van der Waals surface area contributed by atoms with E-state index in [0.717, 1.165) is 17.8 Å². The Kier molecular flexibility index (Phi) is 5.59. The van der Waals surface area contributed by atoms with Gasteiger partial charge in [0.1, 0.15) is 0 Å². The molecule has 0 saturated carbocycles. The molecule has 1 rings (SSSR count). The van der Waals surface area contributed by atoms with Gasteiger partial charge in [-0.2, -0.15) is 0 Å². The Morgan fingerprint density at radius 1 is 1.59 bits per heavy atom. The average Bonchev–Trinajstić information content (AvgIpc) is 2.38. The number of amides is 1. The van der Waals surface area contributed by atoms with Crippen LogP contribution in [-0.4, -0.2) is 35.9 Å². The average molecular weight is 236 g/mol. The van der Waals surface area contributed by atoms with Gasteiger partial charge in [0.25, 0.3) is 0 Å². The van der Waals surface area contributed by atoms with Crippen LogP contribution in [0.15, 0.2) is 18.3 Å². The fraction of sp³-hybridized carbons (Fsp3) is 0.500. The zero-order valence-corrected chi connectivity index (χ0v) is 10.4. The van der Waals surface area contributed by atoms with Crippen molar-refractivity contribution >= 4 is 5.91 Å². The molecule has 94 valence electrons. The van der Waals surface area contributed by atoms with Gasteiger partial charge < -0.3 is 11.1 Å². The van der Waals surface area contributed by atoms with Crippen LogP contribution in [0.2, 0.25) is 0 Å². The molecule has 0 aromatic carbocycles. The number of carbonyl (C=O) groups is 1. The summed E-state index contributed by atoms with van der Waals surface area (Å²) in [6, 6.07) is 3.89. The number of rotatable bonds is 6. The van der Waals surface area contributed by atoms with E-state index >= 15 is 0 Å². The van der Waals surface area contributed by atoms with Crippen molar-refractivity contribution in [3.05, 3.63) is 29.6 Å². The van der Waals surface area contributed by atoms with Crippen LogP contribution in [0.1, 0.15) is 18.2 Å². The van der Waals surface area contributed by atoms with Crippen molar-refractivity contribution in [2.24, 2.45) is 5.73 Å². The predicted molar refractivity (Wildman–Crippen MR) is 67.1 cm³/mol. The van der Waals surface area contributed by atoms with Crippen LogP contribution in [0.4, 0.5) is 0 Å². The second-order valence-electron chi connectivity index (χ2n) is 3.79. The molecule has 0 atom stereocenters. The number of hydrogen-bond acceptors (Lipinski definition) is 4. The number of aromatic nitrogens is 1. The third-order valence-electron chi connectivity index (χ3n) is 2.67. The number of nitrogens with one attached hydrogen (secondary N) is 1. The highest BCUT2D eigenvalue weighted by atomic mass is 16.1. The van der Waals surface area contributed by atoms with Gasteiger partial charge in [-0.25, -0.2) is 0 Å².